The largest absolute Gasteiger partial charge is 0.394 e. The molecule has 3 nitrogen and oxygen atoms in total. The van der Waals surface area contributed by atoms with Crippen LogP contribution in [0.2, 0.25) is 0 Å². The molecule has 1 N–H and O–H groups in total. The van der Waals surface area contributed by atoms with Gasteiger partial charge >= 0.3 is 0 Å². The number of nitrogens with zero attached hydrogens (tertiary/aromatic N) is 1. The maximum Gasteiger partial charge on any atom is 0.0701 e. The van der Waals surface area contributed by atoms with Gasteiger partial charge in [-0.2, -0.15) is 12.6 Å². The molecule has 1 unspecified atom stereocenters. The van der Waals surface area contributed by atoms with Gasteiger partial charge in [-0.15, -0.1) is 0 Å². The molecule has 1 atom stereocenters. The van der Waals surface area contributed by atoms with Crippen molar-refractivity contribution < 1.29 is 9.84 Å². The third-order valence-electron chi connectivity index (χ3n) is 3.90. The Balaban J connectivity index is 2.30. The Kier molecular flexibility index (Phi) is 6.99. The lowest BCUT2D eigenvalue weighted by atomic mass is 9.81. The number of aliphatic hydroxyl groups is 1. The van der Waals surface area contributed by atoms with E-state index in [1.54, 1.807) is 0 Å². The molecule has 0 radical (unpaired) electrons. The number of ether oxygens (including phenoxy) is 1. The Morgan fingerprint density at radius 1 is 1.33 bits per heavy atom. The summed E-state index contributed by atoms with van der Waals surface area (Å²) in [5, 5.41) is 8.75. The Labute approximate surface area is 117 Å². The molecule has 1 saturated heterocycles. The molecule has 1 heterocycles. The van der Waals surface area contributed by atoms with E-state index in [1.807, 2.05) is 0 Å². The van der Waals surface area contributed by atoms with Gasteiger partial charge < -0.3 is 14.7 Å². The molecule has 0 aromatic rings. The van der Waals surface area contributed by atoms with E-state index in [4.69, 9.17) is 9.84 Å². The second-order valence-electron chi connectivity index (χ2n) is 6.34. The molecule has 1 fully saturated rings. The quantitative estimate of drug-likeness (QED) is 0.728. The van der Waals surface area contributed by atoms with Gasteiger partial charge in [0.05, 0.1) is 19.3 Å². The van der Waals surface area contributed by atoms with Crippen LogP contribution in [0.1, 0.15) is 33.6 Å². The lowest BCUT2D eigenvalue weighted by Gasteiger charge is -2.38. The number of thiol groups is 1. The molecule has 0 spiro atoms. The fourth-order valence-electron chi connectivity index (χ4n) is 2.40. The molecule has 1 aliphatic rings. The maximum atomic E-state index is 8.75. The van der Waals surface area contributed by atoms with Crippen molar-refractivity contribution in [3.63, 3.8) is 0 Å². The summed E-state index contributed by atoms with van der Waals surface area (Å²) in [5.74, 6) is 1.58. The van der Waals surface area contributed by atoms with E-state index in [-0.39, 0.29) is 6.61 Å². The molecule has 1 rings (SSSR count). The van der Waals surface area contributed by atoms with Crippen LogP contribution in [-0.4, -0.2) is 54.7 Å². The molecule has 0 bridgehead atoms. The highest BCUT2D eigenvalue weighted by molar-refractivity contribution is 7.80. The number of hydrogen-bond acceptors (Lipinski definition) is 4. The first kappa shape index (κ1) is 16.3. The smallest absolute Gasteiger partial charge is 0.0701 e. The zero-order valence-electron chi connectivity index (χ0n) is 12.1. The summed E-state index contributed by atoms with van der Waals surface area (Å²) in [7, 11) is 0. The topological polar surface area (TPSA) is 32.7 Å². The Morgan fingerprint density at radius 3 is 2.39 bits per heavy atom. The fourth-order valence-corrected chi connectivity index (χ4v) is 3.06. The van der Waals surface area contributed by atoms with E-state index >= 15 is 0 Å². The Bertz CT molecular complexity index is 222. The van der Waals surface area contributed by atoms with Gasteiger partial charge in [0.25, 0.3) is 0 Å². The van der Waals surface area contributed by atoms with Crippen molar-refractivity contribution in [2.45, 2.75) is 39.7 Å². The summed E-state index contributed by atoms with van der Waals surface area (Å²) in [6.07, 6.45) is 2.52. The van der Waals surface area contributed by atoms with Gasteiger partial charge in [-0.3, -0.25) is 0 Å². The molecule has 0 aromatic carbocycles. The van der Waals surface area contributed by atoms with Gasteiger partial charge in [0.1, 0.15) is 0 Å². The molecule has 0 amide bonds. The zero-order chi connectivity index (χ0) is 13.6. The van der Waals surface area contributed by atoms with Crippen LogP contribution in [-0.2, 0) is 4.74 Å². The van der Waals surface area contributed by atoms with Crippen molar-refractivity contribution in [2.75, 3.05) is 38.6 Å². The highest BCUT2D eigenvalue weighted by atomic mass is 32.1. The summed E-state index contributed by atoms with van der Waals surface area (Å²) in [5.41, 5.74) is 0.325. The van der Waals surface area contributed by atoms with Crippen LogP contribution in [0.25, 0.3) is 0 Å². The van der Waals surface area contributed by atoms with Crippen molar-refractivity contribution in [1.29, 1.82) is 0 Å². The average molecular weight is 275 g/mol. The Hall–Kier alpha value is 0.230. The highest BCUT2D eigenvalue weighted by Crippen LogP contribution is 2.28. The first-order valence-corrected chi connectivity index (χ1v) is 7.66. The zero-order valence-corrected chi connectivity index (χ0v) is 13.0. The maximum absolute atomic E-state index is 8.75. The van der Waals surface area contributed by atoms with E-state index in [1.165, 1.54) is 0 Å². The normalized spacial score (nSPS) is 21.2. The minimum atomic E-state index is 0.131. The summed E-state index contributed by atoms with van der Waals surface area (Å²) < 4.78 is 5.59. The summed E-state index contributed by atoms with van der Waals surface area (Å²) in [4.78, 5) is 2.53. The van der Waals surface area contributed by atoms with E-state index in [2.05, 4.69) is 38.3 Å². The van der Waals surface area contributed by atoms with Crippen molar-refractivity contribution in [3.8, 4) is 0 Å². The predicted molar refractivity (Wildman–Crippen MR) is 79.3 cm³/mol. The number of rotatable bonds is 6. The van der Waals surface area contributed by atoms with Crippen LogP contribution in [0.4, 0.5) is 0 Å². The van der Waals surface area contributed by atoms with Crippen molar-refractivity contribution in [1.82, 2.24) is 4.90 Å². The minimum Gasteiger partial charge on any atom is -0.394 e. The standard InChI is InChI=1S/C14H29NO2S/c1-14(2,3)12(11-18)10-15-6-4-13(5-7-15)17-9-8-16/h12-13,16,18H,4-11H2,1-3H3. The Morgan fingerprint density at radius 2 is 1.94 bits per heavy atom. The van der Waals surface area contributed by atoms with Crippen LogP contribution in [0.15, 0.2) is 0 Å². The molecular weight excluding hydrogens is 246 g/mol. The van der Waals surface area contributed by atoms with Gasteiger partial charge in [-0.05, 0) is 29.9 Å². The van der Waals surface area contributed by atoms with Crippen LogP contribution in [0, 0.1) is 11.3 Å². The van der Waals surface area contributed by atoms with E-state index in [0.717, 1.165) is 38.2 Å². The van der Waals surface area contributed by atoms with Crippen LogP contribution in [0.3, 0.4) is 0 Å². The van der Waals surface area contributed by atoms with Gasteiger partial charge in [0, 0.05) is 19.6 Å². The number of hydrogen-bond donors (Lipinski definition) is 2. The molecule has 4 heteroatoms. The lowest BCUT2D eigenvalue weighted by Crippen LogP contribution is -2.42. The molecular formula is C14H29NO2S. The summed E-state index contributed by atoms with van der Waals surface area (Å²) in [6, 6.07) is 0. The minimum absolute atomic E-state index is 0.131. The summed E-state index contributed by atoms with van der Waals surface area (Å²) >= 11 is 4.49. The van der Waals surface area contributed by atoms with E-state index < -0.39 is 0 Å². The SMILES string of the molecule is CC(C)(C)C(CS)CN1CCC(OCCO)CC1. The second kappa shape index (κ2) is 7.73. The molecule has 1 aliphatic heterocycles. The van der Waals surface area contributed by atoms with Crippen molar-refractivity contribution in [2.24, 2.45) is 11.3 Å². The second-order valence-corrected chi connectivity index (χ2v) is 6.71. The third-order valence-corrected chi connectivity index (χ3v) is 4.34. The number of aliphatic hydroxyl groups excluding tert-OH is 1. The molecule has 0 saturated carbocycles. The van der Waals surface area contributed by atoms with Gasteiger partial charge in [0.2, 0.25) is 0 Å². The number of piperidine rings is 1. The van der Waals surface area contributed by atoms with Gasteiger partial charge in [0.15, 0.2) is 0 Å². The lowest BCUT2D eigenvalue weighted by molar-refractivity contribution is -0.0120. The molecule has 0 aliphatic carbocycles. The molecule has 18 heavy (non-hydrogen) atoms. The first-order chi connectivity index (χ1) is 8.47. The first-order valence-electron chi connectivity index (χ1n) is 7.03. The van der Waals surface area contributed by atoms with Gasteiger partial charge in [-0.25, -0.2) is 0 Å². The predicted octanol–water partition coefficient (Wildman–Crippen LogP) is 2.05. The number of likely N-dealkylation sites (tertiary alicyclic amines) is 1. The van der Waals surface area contributed by atoms with Gasteiger partial charge in [-0.1, -0.05) is 20.8 Å². The average Bonchev–Trinajstić information content (AvgIpc) is 2.33. The van der Waals surface area contributed by atoms with E-state index in [9.17, 15) is 0 Å². The van der Waals surface area contributed by atoms with Crippen LogP contribution in [0.5, 0.6) is 0 Å². The summed E-state index contributed by atoms with van der Waals surface area (Å²) in [6.45, 7) is 10.9. The monoisotopic (exact) mass is 275 g/mol. The van der Waals surface area contributed by atoms with Crippen LogP contribution >= 0.6 is 12.6 Å². The molecule has 0 aromatic heterocycles. The van der Waals surface area contributed by atoms with Crippen LogP contribution < -0.4 is 0 Å². The fraction of sp³-hybridized carbons (Fsp3) is 1.00. The van der Waals surface area contributed by atoms with E-state index in [0.29, 0.717) is 24.0 Å². The highest BCUT2D eigenvalue weighted by Gasteiger charge is 2.27. The van der Waals surface area contributed by atoms with Crippen molar-refractivity contribution >= 4 is 12.6 Å². The molecule has 108 valence electrons. The third kappa shape index (κ3) is 5.47. The van der Waals surface area contributed by atoms with Crippen molar-refractivity contribution in [3.05, 3.63) is 0 Å².